The van der Waals surface area contributed by atoms with Gasteiger partial charge in [-0.1, -0.05) is 57.5 Å². The lowest BCUT2D eigenvalue weighted by atomic mass is 9.77. The normalized spacial score (nSPS) is 15.3. The van der Waals surface area contributed by atoms with Crippen LogP contribution in [0.25, 0.3) is 0 Å². The summed E-state index contributed by atoms with van der Waals surface area (Å²) in [4.78, 5) is 0. The van der Waals surface area contributed by atoms with Gasteiger partial charge in [0, 0.05) is 0 Å². The Labute approximate surface area is 82.0 Å². The summed E-state index contributed by atoms with van der Waals surface area (Å²) in [6, 6.07) is 10.9. The standard InChI is InChI=1S/C13H20/c1-4-11-13(3,5-2)12-9-7-6-8-10-12/h6-10H,4-5,11H2,1-3H3/t13-/m0/s1. The molecule has 0 amide bonds. The molecule has 0 saturated carbocycles. The van der Waals surface area contributed by atoms with Gasteiger partial charge in [0.05, 0.1) is 0 Å². The Morgan fingerprint density at radius 2 is 1.69 bits per heavy atom. The smallest absolute Gasteiger partial charge is 0.00780 e. The van der Waals surface area contributed by atoms with Gasteiger partial charge in [0.25, 0.3) is 0 Å². The van der Waals surface area contributed by atoms with Crippen molar-refractivity contribution in [1.82, 2.24) is 0 Å². The van der Waals surface area contributed by atoms with Gasteiger partial charge in [0.15, 0.2) is 0 Å². The highest BCUT2D eigenvalue weighted by Crippen LogP contribution is 2.31. The zero-order chi connectivity index (χ0) is 9.73. The van der Waals surface area contributed by atoms with Crippen LogP contribution in [0.3, 0.4) is 0 Å². The molecule has 0 heterocycles. The first-order valence-electron chi connectivity index (χ1n) is 5.28. The van der Waals surface area contributed by atoms with E-state index < -0.39 is 0 Å². The second-order valence-electron chi connectivity index (χ2n) is 4.03. The molecule has 0 aliphatic rings. The third-order valence-corrected chi connectivity index (χ3v) is 3.05. The van der Waals surface area contributed by atoms with Crippen LogP contribution in [0.2, 0.25) is 0 Å². The number of hydrogen-bond donors (Lipinski definition) is 0. The molecule has 1 aromatic rings. The van der Waals surface area contributed by atoms with Gasteiger partial charge in [-0.2, -0.15) is 0 Å². The van der Waals surface area contributed by atoms with Crippen molar-refractivity contribution in [3.8, 4) is 0 Å². The minimum atomic E-state index is 0.385. The Kier molecular flexibility index (Phi) is 3.53. The van der Waals surface area contributed by atoms with Gasteiger partial charge in [0.2, 0.25) is 0 Å². The minimum Gasteiger partial charge on any atom is -0.0654 e. The van der Waals surface area contributed by atoms with E-state index in [0.29, 0.717) is 5.41 Å². The monoisotopic (exact) mass is 176 g/mol. The van der Waals surface area contributed by atoms with Gasteiger partial charge in [-0.05, 0) is 23.8 Å². The molecular weight excluding hydrogens is 156 g/mol. The molecule has 0 bridgehead atoms. The van der Waals surface area contributed by atoms with Crippen molar-refractivity contribution in [2.24, 2.45) is 0 Å². The van der Waals surface area contributed by atoms with Crippen LogP contribution in [0.1, 0.15) is 45.6 Å². The van der Waals surface area contributed by atoms with Crippen molar-refractivity contribution in [2.45, 2.75) is 45.4 Å². The molecule has 1 rings (SSSR count). The lowest BCUT2D eigenvalue weighted by Gasteiger charge is -2.28. The van der Waals surface area contributed by atoms with Gasteiger partial charge in [-0.15, -0.1) is 0 Å². The fourth-order valence-electron chi connectivity index (χ4n) is 1.92. The quantitative estimate of drug-likeness (QED) is 0.646. The molecule has 0 aromatic heterocycles. The molecular formula is C13H20. The zero-order valence-electron chi connectivity index (χ0n) is 9.01. The van der Waals surface area contributed by atoms with Crippen LogP contribution in [0.15, 0.2) is 30.3 Å². The van der Waals surface area contributed by atoms with Gasteiger partial charge < -0.3 is 0 Å². The maximum Gasteiger partial charge on any atom is -0.00780 e. The lowest BCUT2D eigenvalue weighted by Crippen LogP contribution is -2.20. The highest BCUT2D eigenvalue weighted by atomic mass is 14.3. The molecule has 72 valence electrons. The van der Waals surface area contributed by atoms with E-state index in [-0.39, 0.29) is 0 Å². The summed E-state index contributed by atoms with van der Waals surface area (Å²) in [7, 11) is 0. The van der Waals surface area contributed by atoms with Crippen LogP contribution in [0, 0.1) is 0 Å². The molecule has 0 nitrogen and oxygen atoms in total. The highest BCUT2D eigenvalue weighted by Gasteiger charge is 2.22. The van der Waals surface area contributed by atoms with Gasteiger partial charge >= 0.3 is 0 Å². The van der Waals surface area contributed by atoms with Crippen molar-refractivity contribution < 1.29 is 0 Å². The van der Waals surface area contributed by atoms with Crippen LogP contribution >= 0.6 is 0 Å². The molecule has 0 N–H and O–H groups in total. The number of rotatable bonds is 4. The first-order chi connectivity index (χ1) is 6.23. The molecule has 0 unspecified atom stereocenters. The van der Waals surface area contributed by atoms with Crippen LogP contribution in [0.4, 0.5) is 0 Å². The predicted molar refractivity (Wildman–Crippen MR) is 59.0 cm³/mol. The number of benzene rings is 1. The summed E-state index contributed by atoms with van der Waals surface area (Å²) in [5.74, 6) is 0. The molecule has 13 heavy (non-hydrogen) atoms. The summed E-state index contributed by atoms with van der Waals surface area (Å²) in [5.41, 5.74) is 1.87. The van der Waals surface area contributed by atoms with E-state index in [0.717, 1.165) is 0 Å². The van der Waals surface area contributed by atoms with E-state index in [1.54, 1.807) is 0 Å². The van der Waals surface area contributed by atoms with E-state index in [9.17, 15) is 0 Å². The van der Waals surface area contributed by atoms with Crippen molar-refractivity contribution in [2.75, 3.05) is 0 Å². The van der Waals surface area contributed by atoms with Crippen LogP contribution in [0.5, 0.6) is 0 Å². The maximum atomic E-state index is 2.37. The molecule has 0 aliphatic carbocycles. The van der Waals surface area contributed by atoms with Crippen LogP contribution < -0.4 is 0 Å². The molecule has 0 aliphatic heterocycles. The molecule has 0 spiro atoms. The van der Waals surface area contributed by atoms with Crippen LogP contribution in [-0.4, -0.2) is 0 Å². The first kappa shape index (κ1) is 10.3. The minimum absolute atomic E-state index is 0.385. The average molecular weight is 176 g/mol. The SMILES string of the molecule is CCC[C@](C)(CC)c1ccccc1. The van der Waals surface area contributed by atoms with E-state index in [1.807, 2.05) is 0 Å². The summed E-state index contributed by atoms with van der Waals surface area (Å²) >= 11 is 0. The van der Waals surface area contributed by atoms with Crippen LogP contribution in [-0.2, 0) is 5.41 Å². The second-order valence-corrected chi connectivity index (χ2v) is 4.03. The first-order valence-corrected chi connectivity index (χ1v) is 5.28. The van der Waals surface area contributed by atoms with Crippen molar-refractivity contribution in [3.63, 3.8) is 0 Å². The van der Waals surface area contributed by atoms with E-state index in [4.69, 9.17) is 0 Å². The van der Waals surface area contributed by atoms with Gasteiger partial charge in [-0.3, -0.25) is 0 Å². The predicted octanol–water partition coefficient (Wildman–Crippen LogP) is 4.15. The summed E-state index contributed by atoms with van der Waals surface area (Å²) < 4.78 is 0. The Hall–Kier alpha value is -0.780. The van der Waals surface area contributed by atoms with E-state index in [1.165, 1.54) is 24.8 Å². The lowest BCUT2D eigenvalue weighted by molar-refractivity contribution is 0.414. The van der Waals surface area contributed by atoms with Crippen molar-refractivity contribution >= 4 is 0 Å². The average Bonchev–Trinajstić information content (AvgIpc) is 2.19. The highest BCUT2D eigenvalue weighted by molar-refractivity contribution is 5.23. The molecule has 0 saturated heterocycles. The fourth-order valence-corrected chi connectivity index (χ4v) is 1.92. The topological polar surface area (TPSA) is 0 Å². The van der Waals surface area contributed by atoms with E-state index in [2.05, 4.69) is 51.1 Å². The molecule has 1 atom stereocenters. The molecule has 0 heteroatoms. The van der Waals surface area contributed by atoms with Crippen molar-refractivity contribution in [3.05, 3.63) is 35.9 Å². The molecule has 1 aromatic carbocycles. The summed E-state index contributed by atoms with van der Waals surface area (Å²) in [6.07, 6.45) is 3.78. The largest absolute Gasteiger partial charge is 0.0654 e. The van der Waals surface area contributed by atoms with E-state index >= 15 is 0 Å². The summed E-state index contributed by atoms with van der Waals surface area (Å²) in [6.45, 7) is 6.91. The Balaban J connectivity index is 2.89. The third kappa shape index (κ3) is 2.33. The van der Waals surface area contributed by atoms with Crippen molar-refractivity contribution in [1.29, 1.82) is 0 Å². The molecule has 0 fully saturated rings. The second kappa shape index (κ2) is 4.45. The Morgan fingerprint density at radius 1 is 1.08 bits per heavy atom. The Bertz CT molecular complexity index is 237. The fraction of sp³-hybridized carbons (Fsp3) is 0.538. The Morgan fingerprint density at radius 3 is 2.15 bits per heavy atom. The van der Waals surface area contributed by atoms with Gasteiger partial charge in [0.1, 0.15) is 0 Å². The molecule has 0 radical (unpaired) electrons. The number of hydrogen-bond acceptors (Lipinski definition) is 0. The van der Waals surface area contributed by atoms with Gasteiger partial charge in [-0.25, -0.2) is 0 Å². The maximum absolute atomic E-state index is 2.37. The summed E-state index contributed by atoms with van der Waals surface area (Å²) in [5, 5.41) is 0. The zero-order valence-corrected chi connectivity index (χ0v) is 9.01. The third-order valence-electron chi connectivity index (χ3n) is 3.05.